The van der Waals surface area contributed by atoms with E-state index >= 15 is 0 Å². The summed E-state index contributed by atoms with van der Waals surface area (Å²) >= 11 is 0. The Hall–Kier alpha value is 1.13. The van der Waals surface area contributed by atoms with Crippen LogP contribution in [-0.2, 0) is 10.4 Å². The molecule has 2 N–H and O–H groups in total. The molecule has 0 aliphatic carbocycles. The molecule has 0 radical (unpaired) electrons. The Kier molecular flexibility index (Phi) is 5.38. The van der Waals surface area contributed by atoms with Gasteiger partial charge in [-0.1, -0.05) is 0 Å². The molecule has 0 aromatic carbocycles. The van der Waals surface area contributed by atoms with E-state index in [9.17, 15) is 0 Å². The molecular weight excluding hydrogens is 136 g/mol. The molecule has 0 aliphatic heterocycles. The van der Waals surface area contributed by atoms with Gasteiger partial charge in [0.1, 0.15) is 0 Å². The normalized spacial score (nSPS) is 9.67. The molecule has 0 aromatic rings. The van der Waals surface area contributed by atoms with E-state index in [1.807, 2.05) is 0 Å². The van der Waals surface area contributed by atoms with Crippen molar-refractivity contribution in [3.63, 3.8) is 0 Å². The summed E-state index contributed by atoms with van der Waals surface area (Å²) in [6.45, 7) is 0. The van der Waals surface area contributed by atoms with Gasteiger partial charge >= 0.3 is 48.1 Å². The summed E-state index contributed by atoms with van der Waals surface area (Å²) in [5.41, 5.74) is 0. The van der Waals surface area contributed by atoms with Crippen LogP contribution in [0.15, 0.2) is 0 Å². The maximum absolute atomic E-state index is 8.74. The Morgan fingerprint density at radius 3 is 1.17 bits per heavy atom. The summed E-state index contributed by atoms with van der Waals surface area (Å²) in [6.07, 6.45) is 0. The predicted molar refractivity (Wildman–Crippen MR) is 19.9 cm³/mol. The van der Waals surface area contributed by atoms with Crippen molar-refractivity contribution in [2.75, 3.05) is 0 Å². The van der Waals surface area contributed by atoms with Crippen molar-refractivity contribution < 1.29 is 17.5 Å². The van der Waals surface area contributed by atoms with Crippen molar-refractivity contribution in [1.29, 1.82) is 0 Å². The molecule has 0 aromatic heterocycles. The van der Waals surface area contributed by atoms with E-state index in [2.05, 4.69) is 0 Å². The Labute approximate surface area is 65.1 Å². The average Bonchev–Trinajstić information content (AvgIpc) is 0.722. The van der Waals surface area contributed by atoms with Crippen molar-refractivity contribution in [3.05, 3.63) is 0 Å². The Balaban J connectivity index is 0. The summed E-state index contributed by atoms with van der Waals surface area (Å²) in [4.78, 5) is 0. The van der Waals surface area contributed by atoms with E-state index in [0.717, 1.165) is 0 Å². The van der Waals surface area contributed by atoms with Gasteiger partial charge in [-0.15, -0.1) is 0 Å². The molecule has 4 nitrogen and oxygen atoms in total. The second-order valence-corrected chi connectivity index (χ2v) is 1.34. The largest absolute Gasteiger partial charge is 2.00 e. The molecule has 0 unspecified atom stereocenters. The van der Waals surface area contributed by atoms with Crippen molar-refractivity contribution in [2.45, 2.75) is 0 Å². The fourth-order valence-corrected chi connectivity index (χ4v) is 0. The smallest absolute Gasteiger partial charge is 0.264 e. The van der Waals surface area contributed by atoms with E-state index < -0.39 is 10.4 Å². The van der Waals surface area contributed by atoms with E-state index in [0.29, 0.717) is 0 Å². The van der Waals surface area contributed by atoms with E-state index in [1.54, 1.807) is 0 Å². The zero-order chi connectivity index (χ0) is 4.50. The summed E-state index contributed by atoms with van der Waals surface area (Å²) < 4.78 is 31.6. The van der Waals surface area contributed by atoms with Gasteiger partial charge in [-0.3, -0.25) is 9.11 Å². The van der Waals surface area contributed by atoms with Gasteiger partial charge in [0.15, 0.2) is 0 Å². The van der Waals surface area contributed by atoms with Gasteiger partial charge < -0.3 is 0 Å². The van der Waals surface area contributed by atoms with E-state index in [1.165, 1.54) is 0 Å². The Bertz CT molecular complexity index is 90.7. The van der Waals surface area contributed by atoms with Gasteiger partial charge in [-0.05, 0) is 0 Å². The van der Waals surface area contributed by atoms with Crippen molar-refractivity contribution in [3.8, 4) is 0 Å². The standard InChI is InChI=1S/Ca.H2O4S/c;1-5(2,3)4/h;(H2,1,2,3,4)/q+2;. The molecule has 0 spiro atoms. The summed E-state index contributed by atoms with van der Waals surface area (Å²) in [6, 6.07) is 0. The molecule has 6 heteroatoms. The minimum atomic E-state index is -4.67. The first-order valence-electron chi connectivity index (χ1n) is 0.698. The van der Waals surface area contributed by atoms with Gasteiger partial charge in [-0.25, -0.2) is 0 Å². The first kappa shape index (κ1) is 10.2. The Morgan fingerprint density at radius 2 is 1.17 bits per heavy atom. The van der Waals surface area contributed by atoms with Crippen LogP contribution in [0.25, 0.3) is 0 Å². The van der Waals surface area contributed by atoms with Gasteiger partial charge in [0.2, 0.25) is 0 Å². The van der Waals surface area contributed by atoms with Gasteiger partial charge in [0.05, 0.1) is 0 Å². The van der Waals surface area contributed by atoms with Crippen LogP contribution < -0.4 is 0 Å². The maximum atomic E-state index is 8.74. The molecule has 0 heterocycles. The van der Waals surface area contributed by atoms with Gasteiger partial charge in [-0.2, -0.15) is 8.42 Å². The fraction of sp³-hybridized carbons (Fsp3) is 0. The first-order valence-corrected chi connectivity index (χ1v) is 2.10. The minimum absolute atomic E-state index is 0. The van der Waals surface area contributed by atoms with Crippen molar-refractivity contribution in [2.24, 2.45) is 0 Å². The summed E-state index contributed by atoms with van der Waals surface area (Å²) in [5.74, 6) is 0. The molecule has 0 fully saturated rings. The third kappa shape index (κ3) is 68.5. The molecule has 0 saturated carbocycles. The third-order valence-corrected chi connectivity index (χ3v) is 0. The van der Waals surface area contributed by atoms with Gasteiger partial charge in [0.25, 0.3) is 0 Å². The molecule has 0 saturated heterocycles. The molecule has 0 bridgehead atoms. The minimum Gasteiger partial charge on any atom is -0.264 e. The molecule has 0 rings (SSSR count). The van der Waals surface area contributed by atoms with E-state index in [-0.39, 0.29) is 37.7 Å². The SMILES string of the molecule is O=S(=O)(O)O.[Ca+2]. The second kappa shape index (κ2) is 3.17. The molecular formula is H2CaO4S+2. The first-order chi connectivity index (χ1) is 2.00. The summed E-state index contributed by atoms with van der Waals surface area (Å²) in [7, 11) is -4.67. The average molecular weight is 138 g/mol. The number of rotatable bonds is 0. The zero-order valence-electron chi connectivity index (χ0n) is 2.83. The maximum Gasteiger partial charge on any atom is 2.00 e. The van der Waals surface area contributed by atoms with Crippen LogP contribution in [0.2, 0.25) is 0 Å². The predicted octanol–water partition coefficient (Wildman–Crippen LogP) is -1.03. The number of hydrogen-bond acceptors (Lipinski definition) is 2. The van der Waals surface area contributed by atoms with Crippen LogP contribution in [0.3, 0.4) is 0 Å². The molecule has 0 amide bonds. The Morgan fingerprint density at radius 1 is 1.17 bits per heavy atom. The van der Waals surface area contributed by atoms with Crippen LogP contribution in [0.5, 0.6) is 0 Å². The number of hydrogen-bond donors (Lipinski definition) is 2. The topological polar surface area (TPSA) is 74.6 Å². The molecule has 6 heavy (non-hydrogen) atoms. The molecule has 0 atom stereocenters. The van der Waals surface area contributed by atoms with Crippen LogP contribution in [0.1, 0.15) is 0 Å². The van der Waals surface area contributed by atoms with Crippen LogP contribution in [0.4, 0.5) is 0 Å². The third-order valence-electron chi connectivity index (χ3n) is 0. The van der Waals surface area contributed by atoms with E-state index in [4.69, 9.17) is 17.5 Å². The van der Waals surface area contributed by atoms with Gasteiger partial charge in [0, 0.05) is 0 Å². The molecule has 32 valence electrons. The zero-order valence-corrected chi connectivity index (χ0v) is 5.85. The van der Waals surface area contributed by atoms with Crippen LogP contribution in [0, 0.1) is 0 Å². The van der Waals surface area contributed by atoms with Crippen molar-refractivity contribution in [1.82, 2.24) is 0 Å². The quantitative estimate of drug-likeness (QED) is 0.331. The summed E-state index contributed by atoms with van der Waals surface area (Å²) in [5, 5.41) is 0. The monoisotopic (exact) mass is 138 g/mol. The second-order valence-electron chi connectivity index (χ2n) is 0.448. The van der Waals surface area contributed by atoms with Crippen molar-refractivity contribution >= 4 is 48.1 Å². The molecule has 0 aliphatic rings. The fourth-order valence-electron chi connectivity index (χ4n) is 0. The van der Waals surface area contributed by atoms with Crippen LogP contribution in [-0.4, -0.2) is 55.3 Å². The van der Waals surface area contributed by atoms with Crippen LogP contribution >= 0.6 is 0 Å².